The molecule has 3 nitrogen and oxygen atoms in total. The SMILES string of the molecule is C=C1/C(=C\C=C2/CCC[C@]3(C)[C@@H]([C@H](C)CCCC(C)(C)O)CC[C@@H]23)C[C@@H](O)C[C@@H]1NCC. The zero-order chi connectivity index (χ0) is 23.5. The summed E-state index contributed by atoms with van der Waals surface area (Å²) in [4.78, 5) is 0. The van der Waals surface area contributed by atoms with Crippen molar-refractivity contribution in [2.45, 2.75) is 117 Å². The summed E-state index contributed by atoms with van der Waals surface area (Å²) in [6.07, 6.45) is 15.7. The van der Waals surface area contributed by atoms with Gasteiger partial charge < -0.3 is 15.5 Å². The third-order valence-corrected chi connectivity index (χ3v) is 8.92. The van der Waals surface area contributed by atoms with Gasteiger partial charge in [-0.15, -0.1) is 0 Å². The van der Waals surface area contributed by atoms with Gasteiger partial charge in [0.15, 0.2) is 0 Å². The summed E-state index contributed by atoms with van der Waals surface area (Å²) in [5, 5.41) is 23.9. The molecule has 0 spiro atoms. The van der Waals surface area contributed by atoms with Crippen LogP contribution in [0.15, 0.2) is 35.5 Å². The van der Waals surface area contributed by atoms with Crippen molar-refractivity contribution in [3.05, 3.63) is 35.5 Å². The predicted octanol–water partition coefficient (Wildman–Crippen LogP) is 6.32. The lowest BCUT2D eigenvalue weighted by Crippen LogP contribution is -2.38. The average Bonchev–Trinajstić information content (AvgIpc) is 3.06. The van der Waals surface area contributed by atoms with Crippen molar-refractivity contribution in [1.29, 1.82) is 0 Å². The second-order valence-electron chi connectivity index (χ2n) is 11.9. The molecule has 0 unspecified atom stereocenters. The van der Waals surface area contributed by atoms with Crippen LogP contribution in [0, 0.1) is 23.2 Å². The zero-order valence-corrected chi connectivity index (χ0v) is 21.4. The molecule has 3 fully saturated rings. The summed E-state index contributed by atoms with van der Waals surface area (Å²) in [5.41, 5.74) is 3.89. The maximum Gasteiger partial charge on any atom is 0.0598 e. The van der Waals surface area contributed by atoms with Crippen LogP contribution in [-0.4, -0.2) is 34.5 Å². The van der Waals surface area contributed by atoms with E-state index in [-0.39, 0.29) is 12.1 Å². The molecule has 0 amide bonds. The minimum absolute atomic E-state index is 0.200. The lowest BCUT2D eigenvalue weighted by molar-refractivity contribution is 0.0596. The van der Waals surface area contributed by atoms with Crippen molar-refractivity contribution in [3.63, 3.8) is 0 Å². The predicted molar refractivity (Wildman–Crippen MR) is 135 cm³/mol. The molecule has 0 aromatic heterocycles. The molecule has 0 bridgehead atoms. The topological polar surface area (TPSA) is 52.5 Å². The summed E-state index contributed by atoms with van der Waals surface area (Å²) < 4.78 is 0. The van der Waals surface area contributed by atoms with Crippen molar-refractivity contribution in [1.82, 2.24) is 5.32 Å². The summed E-state index contributed by atoms with van der Waals surface area (Å²) in [6, 6.07) is 0.200. The van der Waals surface area contributed by atoms with Gasteiger partial charge in [0.05, 0.1) is 11.7 Å². The first-order chi connectivity index (χ1) is 15.0. The van der Waals surface area contributed by atoms with Gasteiger partial charge in [0.2, 0.25) is 0 Å². The number of aliphatic hydroxyl groups is 2. The van der Waals surface area contributed by atoms with Crippen molar-refractivity contribution in [3.8, 4) is 0 Å². The Morgan fingerprint density at radius 1 is 1.28 bits per heavy atom. The third kappa shape index (κ3) is 5.96. The Hall–Kier alpha value is -0.900. The number of nitrogens with one attached hydrogen (secondary N) is 1. The van der Waals surface area contributed by atoms with Crippen LogP contribution in [0.2, 0.25) is 0 Å². The van der Waals surface area contributed by atoms with Crippen LogP contribution < -0.4 is 5.32 Å². The molecule has 3 rings (SSSR count). The number of rotatable bonds is 8. The first-order valence-corrected chi connectivity index (χ1v) is 13.3. The molecule has 0 saturated heterocycles. The maximum atomic E-state index is 10.4. The van der Waals surface area contributed by atoms with E-state index in [1.54, 1.807) is 5.57 Å². The van der Waals surface area contributed by atoms with Crippen molar-refractivity contribution in [2.24, 2.45) is 23.2 Å². The molecule has 182 valence electrons. The van der Waals surface area contributed by atoms with E-state index in [0.717, 1.165) is 49.6 Å². The molecule has 0 aliphatic heterocycles. The van der Waals surface area contributed by atoms with E-state index in [0.29, 0.717) is 11.3 Å². The number of aliphatic hydroxyl groups excluding tert-OH is 1. The highest BCUT2D eigenvalue weighted by molar-refractivity contribution is 5.39. The number of fused-ring (bicyclic) bond motifs is 1. The molecule has 0 heterocycles. The molecule has 32 heavy (non-hydrogen) atoms. The summed E-state index contributed by atoms with van der Waals surface area (Å²) in [6.45, 7) is 16.3. The number of hydrogen-bond acceptors (Lipinski definition) is 3. The third-order valence-electron chi connectivity index (χ3n) is 8.92. The van der Waals surface area contributed by atoms with E-state index in [9.17, 15) is 10.2 Å². The molecule has 0 aromatic carbocycles. The number of allylic oxidation sites excluding steroid dienone is 3. The molecule has 3 aliphatic rings. The van der Waals surface area contributed by atoms with Crippen LogP contribution in [0.25, 0.3) is 0 Å². The molecule has 3 saturated carbocycles. The van der Waals surface area contributed by atoms with Gasteiger partial charge in [0, 0.05) is 6.04 Å². The first-order valence-electron chi connectivity index (χ1n) is 13.3. The van der Waals surface area contributed by atoms with Gasteiger partial charge >= 0.3 is 0 Å². The van der Waals surface area contributed by atoms with Gasteiger partial charge in [0.1, 0.15) is 0 Å². The molecular weight excluding hydrogens is 394 g/mol. The molecule has 3 aliphatic carbocycles. The fourth-order valence-corrected chi connectivity index (χ4v) is 7.21. The normalized spacial score (nSPS) is 37.2. The van der Waals surface area contributed by atoms with E-state index in [4.69, 9.17) is 0 Å². The van der Waals surface area contributed by atoms with Crippen LogP contribution in [0.3, 0.4) is 0 Å². The van der Waals surface area contributed by atoms with E-state index in [1.165, 1.54) is 44.1 Å². The Labute approximate surface area is 197 Å². The largest absolute Gasteiger partial charge is 0.393 e. The van der Waals surface area contributed by atoms with Crippen LogP contribution in [-0.2, 0) is 0 Å². The van der Waals surface area contributed by atoms with Crippen molar-refractivity contribution < 1.29 is 10.2 Å². The Bertz CT molecular complexity index is 715. The van der Waals surface area contributed by atoms with E-state index >= 15 is 0 Å². The van der Waals surface area contributed by atoms with E-state index in [2.05, 4.69) is 44.8 Å². The summed E-state index contributed by atoms with van der Waals surface area (Å²) in [7, 11) is 0. The fourth-order valence-electron chi connectivity index (χ4n) is 7.21. The van der Waals surface area contributed by atoms with Crippen molar-refractivity contribution in [2.75, 3.05) is 6.54 Å². The fraction of sp³-hybridized carbons (Fsp3) is 0.793. The smallest absolute Gasteiger partial charge is 0.0598 e. The highest BCUT2D eigenvalue weighted by Gasteiger charge is 2.50. The second kappa shape index (κ2) is 10.6. The van der Waals surface area contributed by atoms with Gasteiger partial charge in [-0.2, -0.15) is 0 Å². The van der Waals surface area contributed by atoms with E-state index in [1.807, 2.05) is 13.8 Å². The van der Waals surface area contributed by atoms with Crippen molar-refractivity contribution >= 4 is 0 Å². The number of hydrogen-bond donors (Lipinski definition) is 3. The lowest BCUT2D eigenvalue weighted by Gasteiger charge is -2.44. The molecule has 3 heteroatoms. The highest BCUT2D eigenvalue weighted by atomic mass is 16.3. The van der Waals surface area contributed by atoms with Gasteiger partial charge in [-0.1, -0.05) is 57.9 Å². The lowest BCUT2D eigenvalue weighted by atomic mass is 9.60. The number of likely N-dealkylation sites (N-methyl/N-ethyl adjacent to an activating group) is 1. The molecule has 6 atom stereocenters. The molecule has 3 N–H and O–H groups in total. The Morgan fingerprint density at radius 3 is 2.72 bits per heavy atom. The maximum absolute atomic E-state index is 10.4. The Kier molecular flexibility index (Phi) is 8.50. The minimum Gasteiger partial charge on any atom is -0.393 e. The molecule has 0 aromatic rings. The van der Waals surface area contributed by atoms with Gasteiger partial charge in [-0.25, -0.2) is 0 Å². The highest BCUT2D eigenvalue weighted by Crippen LogP contribution is 2.60. The quantitative estimate of drug-likeness (QED) is 0.411. The molecular formula is C29H49NO2. The van der Waals surface area contributed by atoms with Crippen LogP contribution in [0.5, 0.6) is 0 Å². The standard InChI is InChI=1S/C29H49NO2/c1-7-30-27-19-24(31)18-23(21(27)3)13-12-22-11-9-17-29(6)25(14-15-26(22)29)20(2)10-8-16-28(4,5)32/h12-13,20,24-27,30-32H,3,7-11,14-19H2,1-2,4-6H3/b22-12+,23-13-/t20-,24-,25-,26+,27+,29-/m1/s1. The van der Waals surface area contributed by atoms with Crippen LogP contribution in [0.1, 0.15) is 98.8 Å². The summed E-state index contributed by atoms with van der Waals surface area (Å²) >= 11 is 0. The summed E-state index contributed by atoms with van der Waals surface area (Å²) in [5.74, 6) is 2.20. The second-order valence-corrected chi connectivity index (χ2v) is 11.9. The Morgan fingerprint density at radius 2 is 2.03 bits per heavy atom. The monoisotopic (exact) mass is 443 g/mol. The minimum atomic E-state index is -0.543. The Balaban J connectivity index is 1.70. The zero-order valence-electron chi connectivity index (χ0n) is 21.4. The first kappa shape index (κ1) is 25.7. The average molecular weight is 444 g/mol. The van der Waals surface area contributed by atoms with Crippen LogP contribution >= 0.6 is 0 Å². The van der Waals surface area contributed by atoms with Crippen LogP contribution in [0.4, 0.5) is 0 Å². The molecule has 0 radical (unpaired) electrons. The van der Waals surface area contributed by atoms with Gasteiger partial charge in [-0.3, -0.25) is 0 Å². The van der Waals surface area contributed by atoms with Gasteiger partial charge in [0.25, 0.3) is 0 Å². The van der Waals surface area contributed by atoms with Gasteiger partial charge in [-0.05, 0) is 106 Å². The van der Waals surface area contributed by atoms with E-state index < -0.39 is 5.60 Å².